The van der Waals surface area contributed by atoms with Crippen LogP contribution in [-0.2, 0) is 20.4 Å². The Morgan fingerprint density at radius 1 is 0.897 bits per heavy atom. The SMILES string of the molecule is Cc1c(C)c(C)c(S(=O)(=O)Nc2cccc([C@@]3(C)NC(=O)NC3=O)c2)c(C)c1C. The molecule has 1 aliphatic heterocycles. The van der Waals surface area contributed by atoms with E-state index in [9.17, 15) is 18.0 Å². The fourth-order valence-corrected chi connectivity index (χ4v) is 5.37. The second-order valence-electron chi connectivity index (χ2n) is 7.67. The molecule has 2 aromatic rings. The molecule has 1 aliphatic rings. The van der Waals surface area contributed by atoms with Crippen molar-refractivity contribution in [1.82, 2.24) is 10.6 Å². The first-order chi connectivity index (χ1) is 13.4. The summed E-state index contributed by atoms with van der Waals surface area (Å²) >= 11 is 0. The van der Waals surface area contributed by atoms with Crippen LogP contribution in [0.25, 0.3) is 0 Å². The van der Waals surface area contributed by atoms with Crippen molar-refractivity contribution in [2.75, 3.05) is 4.72 Å². The van der Waals surface area contributed by atoms with Crippen LogP contribution in [0.3, 0.4) is 0 Å². The lowest BCUT2D eigenvalue weighted by atomic mass is 9.92. The van der Waals surface area contributed by atoms with Gasteiger partial charge in [0.2, 0.25) is 0 Å². The number of urea groups is 1. The van der Waals surface area contributed by atoms with Crippen LogP contribution in [0.2, 0.25) is 0 Å². The fraction of sp³-hybridized carbons (Fsp3) is 0.333. The predicted molar refractivity (Wildman–Crippen MR) is 111 cm³/mol. The van der Waals surface area contributed by atoms with Crippen LogP contribution in [0.5, 0.6) is 0 Å². The summed E-state index contributed by atoms with van der Waals surface area (Å²) in [6.45, 7) is 11.0. The van der Waals surface area contributed by atoms with Crippen LogP contribution in [0.1, 0.15) is 40.3 Å². The van der Waals surface area contributed by atoms with Gasteiger partial charge in [0.15, 0.2) is 0 Å². The van der Waals surface area contributed by atoms with E-state index in [0.717, 1.165) is 16.7 Å². The van der Waals surface area contributed by atoms with Gasteiger partial charge < -0.3 is 5.32 Å². The molecule has 3 amide bonds. The van der Waals surface area contributed by atoms with Crippen molar-refractivity contribution in [2.45, 2.75) is 52.0 Å². The maximum atomic E-state index is 13.2. The van der Waals surface area contributed by atoms with E-state index >= 15 is 0 Å². The Balaban J connectivity index is 2.04. The van der Waals surface area contributed by atoms with E-state index < -0.39 is 27.5 Å². The summed E-state index contributed by atoms with van der Waals surface area (Å²) in [6, 6.07) is 5.89. The molecule has 0 saturated carbocycles. The lowest BCUT2D eigenvalue weighted by Crippen LogP contribution is -2.40. The van der Waals surface area contributed by atoms with E-state index in [1.165, 1.54) is 0 Å². The molecule has 1 saturated heterocycles. The van der Waals surface area contributed by atoms with Gasteiger partial charge in [0.25, 0.3) is 15.9 Å². The highest BCUT2D eigenvalue weighted by Gasteiger charge is 2.43. The first-order valence-corrected chi connectivity index (χ1v) is 10.7. The summed E-state index contributed by atoms with van der Waals surface area (Å²) in [5.41, 5.74) is 3.92. The van der Waals surface area contributed by atoms with Crippen molar-refractivity contribution in [1.29, 1.82) is 0 Å². The molecule has 1 heterocycles. The van der Waals surface area contributed by atoms with Gasteiger partial charge in [-0.15, -0.1) is 0 Å². The van der Waals surface area contributed by atoms with Gasteiger partial charge in [0.05, 0.1) is 4.90 Å². The molecule has 0 aliphatic carbocycles. The molecule has 0 radical (unpaired) electrons. The third-order valence-corrected chi connectivity index (χ3v) is 7.59. The van der Waals surface area contributed by atoms with Crippen LogP contribution in [0.15, 0.2) is 29.2 Å². The largest absolute Gasteiger partial charge is 0.322 e. The van der Waals surface area contributed by atoms with Crippen molar-refractivity contribution < 1.29 is 18.0 Å². The number of carbonyl (C=O) groups is 2. The molecule has 7 nitrogen and oxygen atoms in total. The number of nitrogens with one attached hydrogen (secondary N) is 3. The molecule has 3 rings (SSSR count). The summed E-state index contributed by atoms with van der Waals surface area (Å²) in [6.07, 6.45) is 0. The number of hydrogen-bond donors (Lipinski definition) is 3. The molecule has 29 heavy (non-hydrogen) atoms. The van der Waals surface area contributed by atoms with Crippen molar-refractivity contribution in [3.8, 4) is 0 Å². The van der Waals surface area contributed by atoms with Crippen LogP contribution >= 0.6 is 0 Å². The average molecular weight is 416 g/mol. The first kappa shape index (κ1) is 20.9. The molecule has 2 aromatic carbocycles. The smallest absolute Gasteiger partial charge is 0.320 e. The predicted octanol–water partition coefficient (Wildman–Crippen LogP) is 3.08. The Kier molecular flexibility index (Phi) is 4.94. The Morgan fingerprint density at radius 3 is 1.97 bits per heavy atom. The van der Waals surface area contributed by atoms with Gasteiger partial charge in [0.1, 0.15) is 5.54 Å². The third kappa shape index (κ3) is 3.37. The Morgan fingerprint density at radius 2 is 1.45 bits per heavy atom. The molecule has 0 bridgehead atoms. The molecule has 0 aromatic heterocycles. The van der Waals surface area contributed by atoms with E-state index in [0.29, 0.717) is 22.4 Å². The summed E-state index contributed by atoms with van der Waals surface area (Å²) in [5.74, 6) is -0.487. The normalized spacial score (nSPS) is 19.1. The number of rotatable bonds is 4. The molecule has 8 heteroatoms. The maximum Gasteiger partial charge on any atom is 0.322 e. The molecule has 154 valence electrons. The molecule has 1 atom stereocenters. The number of carbonyl (C=O) groups excluding carboxylic acids is 2. The highest BCUT2D eigenvalue weighted by atomic mass is 32.2. The summed E-state index contributed by atoms with van der Waals surface area (Å²) in [5, 5.41) is 4.79. The number of amides is 3. The number of imide groups is 1. The van der Waals surface area contributed by atoms with Gasteiger partial charge in [-0.3, -0.25) is 14.8 Å². The van der Waals surface area contributed by atoms with Gasteiger partial charge in [-0.1, -0.05) is 12.1 Å². The van der Waals surface area contributed by atoms with Gasteiger partial charge in [0, 0.05) is 5.69 Å². The lowest BCUT2D eigenvalue weighted by molar-refractivity contribution is -0.123. The quantitative estimate of drug-likeness (QED) is 0.668. The van der Waals surface area contributed by atoms with Crippen molar-refractivity contribution >= 4 is 27.6 Å². The average Bonchev–Trinajstić information content (AvgIpc) is 2.91. The monoisotopic (exact) mass is 415 g/mol. The minimum atomic E-state index is -3.86. The second kappa shape index (κ2) is 6.88. The molecular formula is C21H25N3O4S. The zero-order valence-corrected chi connectivity index (χ0v) is 18.2. The van der Waals surface area contributed by atoms with Crippen molar-refractivity contribution in [2.24, 2.45) is 0 Å². The van der Waals surface area contributed by atoms with E-state index in [1.54, 1.807) is 45.0 Å². The molecule has 0 spiro atoms. The summed E-state index contributed by atoms with van der Waals surface area (Å²) in [7, 11) is -3.86. The molecular weight excluding hydrogens is 390 g/mol. The van der Waals surface area contributed by atoms with Crippen LogP contribution < -0.4 is 15.4 Å². The number of benzene rings is 2. The lowest BCUT2D eigenvalue weighted by Gasteiger charge is -2.22. The first-order valence-electron chi connectivity index (χ1n) is 9.22. The number of anilines is 1. The van der Waals surface area contributed by atoms with Gasteiger partial charge in [-0.2, -0.15) is 0 Å². The Hall–Kier alpha value is -2.87. The molecule has 1 fully saturated rings. The highest BCUT2D eigenvalue weighted by Crippen LogP contribution is 2.32. The van der Waals surface area contributed by atoms with Crippen molar-refractivity contribution in [3.05, 3.63) is 57.6 Å². The number of hydrogen-bond acceptors (Lipinski definition) is 4. The van der Waals surface area contributed by atoms with E-state index in [4.69, 9.17) is 0 Å². The Bertz CT molecular complexity index is 1130. The van der Waals surface area contributed by atoms with Gasteiger partial charge in [-0.05, 0) is 87.1 Å². The minimum absolute atomic E-state index is 0.265. The summed E-state index contributed by atoms with van der Waals surface area (Å²) in [4.78, 5) is 24.0. The van der Waals surface area contributed by atoms with Crippen LogP contribution in [-0.4, -0.2) is 20.4 Å². The van der Waals surface area contributed by atoms with Gasteiger partial charge in [-0.25, -0.2) is 13.2 Å². The van der Waals surface area contributed by atoms with Gasteiger partial charge >= 0.3 is 6.03 Å². The topological polar surface area (TPSA) is 104 Å². The fourth-order valence-electron chi connectivity index (χ4n) is 3.72. The maximum absolute atomic E-state index is 13.2. The third-order valence-electron chi connectivity index (χ3n) is 5.94. The zero-order chi connectivity index (χ0) is 21.7. The van der Waals surface area contributed by atoms with E-state index in [-0.39, 0.29) is 4.90 Å². The molecule has 3 N–H and O–H groups in total. The van der Waals surface area contributed by atoms with E-state index in [1.807, 2.05) is 20.8 Å². The van der Waals surface area contributed by atoms with Crippen LogP contribution in [0, 0.1) is 34.6 Å². The molecule has 0 unspecified atom stereocenters. The van der Waals surface area contributed by atoms with Crippen LogP contribution in [0.4, 0.5) is 10.5 Å². The standard InChI is InChI=1S/C21H25N3O4S/c1-11-12(2)14(4)18(15(5)13(11)3)29(27,28)24-17-9-7-8-16(10-17)21(6)19(25)22-20(26)23-21/h7-10,24H,1-6H3,(H2,22,23,25,26)/t21-/m1/s1. The van der Waals surface area contributed by atoms with Crippen molar-refractivity contribution in [3.63, 3.8) is 0 Å². The second-order valence-corrected chi connectivity index (χ2v) is 9.29. The number of sulfonamides is 1. The summed E-state index contributed by atoms with van der Waals surface area (Å²) < 4.78 is 29.1. The Labute approximate surface area is 171 Å². The minimum Gasteiger partial charge on any atom is -0.320 e. The zero-order valence-electron chi connectivity index (χ0n) is 17.4. The highest BCUT2D eigenvalue weighted by molar-refractivity contribution is 7.92. The van der Waals surface area contributed by atoms with E-state index in [2.05, 4.69) is 15.4 Å².